The molecular weight excluding hydrogens is 488 g/mol. The minimum atomic E-state index is 0.180. The first-order valence-electron chi connectivity index (χ1n) is 13.7. The molecule has 0 aliphatic rings. The molecule has 7 heteroatoms. The maximum Gasteiger partial charge on any atom is 0.141 e. The van der Waals surface area contributed by atoms with Gasteiger partial charge in [0.1, 0.15) is 23.7 Å². The van der Waals surface area contributed by atoms with Crippen LogP contribution in [0.15, 0.2) is 79.1 Å². The van der Waals surface area contributed by atoms with Crippen LogP contribution in [0.2, 0.25) is 0 Å². The number of fused-ring (bicyclic) bond motifs is 1. The Morgan fingerprint density at radius 2 is 1.67 bits per heavy atom. The summed E-state index contributed by atoms with van der Waals surface area (Å²) in [4.78, 5) is 23.5. The number of hydrogen-bond acceptors (Lipinski definition) is 7. The molecule has 2 N–H and O–H groups in total. The van der Waals surface area contributed by atoms with E-state index in [1.54, 1.807) is 6.33 Å². The lowest BCUT2D eigenvalue weighted by Gasteiger charge is -2.18. The number of rotatable bonds is 16. The molecule has 7 nitrogen and oxygen atoms in total. The van der Waals surface area contributed by atoms with E-state index in [1.165, 1.54) is 5.56 Å². The van der Waals surface area contributed by atoms with Crippen molar-refractivity contribution in [1.29, 1.82) is 0 Å². The van der Waals surface area contributed by atoms with Gasteiger partial charge < -0.3 is 20.1 Å². The summed E-state index contributed by atoms with van der Waals surface area (Å²) in [6.45, 7) is 6.14. The van der Waals surface area contributed by atoms with Crippen LogP contribution in [0.4, 0.5) is 5.82 Å². The van der Waals surface area contributed by atoms with Crippen molar-refractivity contribution >= 4 is 22.5 Å². The first kappa shape index (κ1) is 28.2. The smallest absolute Gasteiger partial charge is 0.141 e. The standard InChI is InChI=1S/C32H38N4O3/c1-2-36(18-19-37)17-6-20-39-29-13-14-30-31(23-29)34-24-35-32(30)33-16-15-25-9-11-27(12-10-25)22-28(38)21-26-7-4-3-5-8-26/h3-5,7-14,23-24,37H,2,6,15-22H2,1H3,(H,33,34,35). The molecule has 0 spiro atoms. The highest BCUT2D eigenvalue weighted by atomic mass is 16.5. The van der Waals surface area contributed by atoms with Crippen LogP contribution in [-0.2, 0) is 24.1 Å². The number of nitrogens with zero attached hydrogens (tertiary/aromatic N) is 3. The maximum absolute atomic E-state index is 12.4. The molecule has 3 aromatic carbocycles. The van der Waals surface area contributed by atoms with Crippen molar-refractivity contribution in [3.63, 3.8) is 0 Å². The van der Waals surface area contributed by atoms with Gasteiger partial charge in [0.25, 0.3) is 0 Å². The van der Waals surface area contributed by atoms with E-state index in [1.807, 2.05) is 60.7 Å². The van der Waals surface area contributed by atoms with Gasteiger partial charge in [0.2, 0.25) is 0 Å². The second-order valence-corrected chi connectivity index (χ2v) is 9.63. The van der Waals surface area contributed by atoms with Crippen LogP contribution in [0.1, 0.15) is 30.0 Å². The number of nitrogens with one attached hydrogen (secondary N) is 1. The minimum absolute atomic E-state index is 0.180. The molecule has 0 amide bonds. The Kier molecular flexibility index (Phi) is 10.8. The molecular formula is C32H38N4O3. The Labute approximate surface area is 230 Å². The van der Waals surface area contributed by atoms with Crippen LogP contribution in [-0.4, -0.2) is 65.2 Å². The predicted octanol–water partition coefficient (Wildman–Crippen LogP) is 4.72. The fourth-order valence-electron chi connectivity index (χ4n) is 4.58. The molecule has 0 fully saturated rings. The van der Waals surface area contributed by atoms with Gasteiger partial charge in [-0.05, 0) is 48.2 Å². The van der Waals surface area contributed by atoms with E-state index in [4.69, 9.17) is 9.84 Å². The number of aromatic nitrogens is 2. The fraction of sp³-hybridized carbons (Fsp3) is 0.344. The first-order chi connectivity index (χ1) is 19.1. The third-order valence-electron chi connectivity index (χ3n) is 6.73. The average molecular weight is 527 g/mol. The molecule has 0 saturated carbocycles. The molecule has 0 radical (unpaired) electrons. The first-order valence-corrected chi connectivity index (χ1v) is 13.7. The maximum atomic E-state index is 12.4. The van der Waals surface area contributed by atoms with Crippen LogP contribution >= 0.6 is 0 Å². The van der Waals surface area contributed by atoms with Crippen LogP contribution < -0.4 is 10.1 Å². The molecule has 4 rings (SSSR count). The highest BCUT2D eigenvalue weighted by Gasteiger charge is 2.08. The molecule has 39 heavy (non-hydrogen) atoms. The third-order valence-corrected chi connectivity index (χ3v) is 6.73. The van der Waals surface area contributed by atoms with Gasteiger partial charge in [-0.2, -0.15) is 0 Å². The summed E-state index contributed by atoms with van der Waals surface area (Å²) < 4.78 is 5.94. The van der Waals surface area contributed by atoms with E-state index in [9.17, 15) is 4.79 Å². The highest BCUT2D eigenvalue weighted by Crippen LogP contribution is 2.24. The van der Waals surface area contributed by atoms with E-state index in [-0.39, 0.29) is 12.4 Å². The zero-order valence-electron chi connectivity index (χ0n) is 22.7. The molecule has 1 aromatic heterocycles. The summed E-state index contributed by atoms with van der Waals surface area (Å²) in [7, 11) is 0. The van der Waals surface area contributed by atoms with Gasteiger partial charge in [0, 0.05) is 43.9 Å². The number of Topliss-reactive ketones (excluding diaryl/α,β-unsaturated/α-hetero) is 1. The fourth-order valence-corrected chi connectivity index (χ4v) is 4.58. The molecule has 4 aromatic rings. The lowest BCUT2D eigenvalue weighted by molar-refractivity contribution is -0.117. The summed E-state index contributed by atoms with van der Waals surface area (Å²) in [5.74, 6) is 1.82. The van der Waals surface area contributed by atoms with Gasteiger partial charge in [0.05, 0.1) is 18.7 Å². The molecule has 0 aliphatic carbocycles. The predicted molar refractivity (Wildman–Crippen MR) is 156 cm³/mol. The van der Waals surface area contributed by atoms with Crippen LogP contribution in [0, 0.1) is 0 Å². The van der Waals surface area contributed by atoms with Crippen molar-refractivity contribution in [2.75, 3.05) is 44.7 Å². The monoisotopic (exact) mass is 526 g/mol. The quantitative estimate of drug-likeness (QED) is 0.204. The van der Waals surface area contributed by atoms with Gasteiger partial charge >= 0.3 is 0 Å². The van der Waals surface area contributed by atoms with E-state index < -0.39 is 0 Å². The Hall–Kier alpha value is -3.81. The molecule has 204 valence electrons. The summed E-state index contributed by atoms with van der Waals surface area (Å²) in [5, 5.41) is 13.5. The molecule has 1 heterocycles. The van der Waals surface area contributed by atoms with Gasteiger partial charge in [0.15, 0.2) is 0 Å². The van der Waals surface area contributed by atoms with E-state index in [0.29, 0.717) is 26.0 Å². The average Bonchev–Trinajstić information content (AvgIpc) is 2.96. The van der Waals surface area contributed by atoms with Crippen molar-refractivity contribution in [3.05, 3.63) is 95.8 Å². The zero-order valence-corrected chi connectivity index (χ0v) is 22.7. The Morgan fingerprint density at radius 1 is 0.923 bits per heavy atom. The number of aliphatic hydroxyl groups is 1. The Morgan fingerprint density at radius 3 is 2.41 bits per heavy atom. The number of ether oxygens (including phenoxy) is 1. The second kappa shape index (κ2) is 15.0. The molecule has 0 unspecified atom stereocenters. The Bertz CT molecular complexity index is 1310. The van der Waals surface area contributed by atoms with Crippen molar-refractivity contribution in [3.8, 4) is 5.75 Å². The highest BCUT2D eigenvalue weighted by molar-refractivity contribution is 5.89. The van der Waals surface area contributed by atoms with Crippen molar-refractivity contribution < 1.29 is 14.6 Å². The molecule has 0 bridgehead atoms. The molecule has 0 saturated heterocycles. The van der Waals surface area contributed by atoms with Crippen LogP contribution in [0.5, 0.6) is 5.75 Å². The number of carbonyl (C=O) groups is 1. The van der Waals surface area contributed by atoms with Crippen molar-refractivity contribution in [2.24, 2.45) is 0 Å². The lowest BCUT2D eigenvalue weighted by atomic mass is 10.0. The second-order valence-electron chi connectivity index (χ2n) is 9.63. The summed E-state index contributed by atoms with van der Waals surface area (Å²) in [6, 6.07) is 24.1. The van der Waals surface area contributed by atoms with Crippen molar-refractivity contribution in [2.45, 2.75) is 32.6 Å². The zero-order chi connectivity index (χ0) is 27.3. The molecule has 0 aliphatic heterocycles. The summed E-state index contributed by atoms with van der Waals surface area (Å²) in [6.07, 6.45) is 4.23. The van der Waals surface area contributed by atoms with E-state index in [2.05, 4.69) is 39.2 Å². The number of anilines is 1. The summed E-state index contributed by atoms with van der Waals surface area (Å²) in [5.41, 5.74) is 4.14. The lowest BCUT2D eigenvalue weighted by Crippen LogP contribution is -2.28. The van der Waals surface area contributed by atoms with Gasteiger partial charge in [-0.25, -0.2) is 9.97 Å². The third kappa shape index (κ3) is 8.87. The normalized spacial score (nSPS) is 11.2. The number of benzene rings is 3. The van der Waals surface area contributed by atoms with Crippen molar-refractivity contribution in [1.82, 2.24) is 14.9 Å². The van der Waals surface area contributed by atoms with Crippen LogP contribution in [0.25, 0.3) is 10.9 Å². The molecule has 0 atom stereocenters. The number of hydrogen-bond donors (Lipinski definition) is 2. The minimum Gasteiger partial charge on any atom is -0.493 e. The van der Waals surface area contributed by atoms with E-state index in [0.717, 1.165) is 66.1 Å². The summed E-state index contributed by atoms with van der Waals surface area (Å²) >= 11 is 0. The number of likely N-dealkylation sites (N-methyl/N-ethyl adjacent to an activating group) is 1. The Balaban J connectivity index is 1.24. The van der Waals surface area contributed by atoms with Crippen LogP contribution in [0.3, 0.4) is 0 Å². The van der Waals surface area contributed by atoms with Gasteiger partial charge in [-0.3, -0.25) is 4.79 Å². The van der Waals surface area contributed by atoms with Gasteiger partial charge in [-0.1, -0.05) is 61.5 Å². The SMILES string of the molecule is CCN(CCO)CCCOc1ccc2c(NCCc3ccc(CC(=O)Cc4ccccc4)cc3)ncnc2c1. The van der Waals surface area contributed by atoms with E-state index >= 15 is 0 Å². The largest absolute Gasteiger partial charge is 0.493 e. The number of carbonyl (C=O) groups excluding carboxylic acids is 1. The van der Waals surface area contributed by atoms with Gasteiger partial charge in [-0.15, -0.1) is 0 Å². The topological polar surface area (TPSA) is 87.6 Å². The number of ketones is 1. The number of aliphatic hydroxyl groups excluding tert-OH is 1.